The minimum Gasteiger partial charge on any atom is -0.459 e. The molecule has 250 valence electrons. The molecule has 2 heterocycles. The lowest BCUT2D eigenvalue weighted by atomic mass is 9.89. The number of hydrogen-bond donors (Lipinski definition) is 1. The Kier molecular flexibility index (Phi) is 9.76. The van der Waals surface area contributed by atoms with E-state index in [2.05, 4.69) is 15.0 Å². The number of nitrogens with one attached hydrogen (secondary N) is 1. The molecule has 2 aromatic carbocycles. The number of sulfonamides is 1. The first-order valence-electron chi connectivity index (χ1n) is 14.1. The summed E-state index contributed by atoms with van der Waals surface area (Å²) in [5.74, 6) is -2.87. The number of halogens is 3. The molecule has 1 fully saturated rings. The fraction of sp³-hybridized carbons (Fsp3) is 0.433. The molecule has 2 aliphatic heterocycles. The van der Waals surface area contributed by atoms with E-state index in [4.69, 9.17) is 4.74 Å². The van der Waals surface area contributed by atoms with Crippen molar-refractivity contribution in [2.24, 2.45) is 4.99 Å². The van der Waals surface area contributed by atoms with Crippen molar-refractivity contribution in [2.45, 2.75) is 63.8 Å². The maximum Gasteiger partial charge on any atom is 0.573 e. The largest absolute Gasteiger partial charge is 0.573 e. The van der Waals surface area contributed by atoms with E-state index in [0.717, 1.165) is 17.5 Å². The molecular weight excluding hydrogens is 651 g/mol. The zero-order chi connectivity index (χ0) is 34.1. The maximum atomic E-state index is 13.1. The van der Waals surface area contributed by atoms with Crippen LogP contribution in [0.3, 0.4) is 0 Å². The Labute approximate surface area is 265 Å². The number of aliphatic imine (C=N–C) groups is 1. The van der Waals surface area contributed by atoms with Crippen LogP contribution >= 0.6 is 0 Å². The van der Waals surface area contributed by atoms with Gasteiger partial charge in [0.2, 0.25) is 10.0 Å². The zero-order valence-corrected chi connectivity index (χ0v) is 27.2. The zero-order valence-electron chi connectivity index (χ0n) is 25.5. The molecule has 1 N–H and O–H groups in total. The number of carbonyl (C=O) groups excluding carboxylic acids is 2. The first-order chi connectivity index (χ1) is 21.2. The summed E-state index contributed by atoms with van der Waals surface area (Å²) in [5, 5.41) is 3.63. The summed E-state index contributed by atoms with van der Waals surface area (Å²) in [6.45, 7) is 6.56. The molecule has 1 saturated heterocycles. The van der Waals surface area contributed by atoms with Crippen molar-refractivity contribution in [3.8, 4) is 5.75 Å². The number of alkyl halides is 3. The molecule has 1 amide bonds. The van der Waals surface area contributed by atoms with Gasteiger partial charge in [0.15, 0.2) is 9.84 Å². The highest BCUT2D eigenvalue weighted by atomic mass is 32.2. The average Bonchev–Trinajstić information content (AvgIpc) is 3.21. The molecule has 0 bridgehead atoms. The quantitative estimate of drug-likeness (QED) is 0.392. The van der Waals surface area contributed by atoms with E-state index in [1.165, 1.54) is 28.6 Å². The van der Waals surface area contributed by atoms with Crippen molar-refractivity contribution in [3.05, 3.63) is 70.1 Å². The van der Waals surface area contributed by atoms with Crippen LogP contribution in [0.25, 0.3) is 6.08 Å². The number of benzene rings is 2. The van der Waals surface area contributed by atoms with Gasteiger partial charge in [-0.25, -0.2) is 16.8 Å². The van der Waals surface area contributed by atoms with Crippen LogP contribution in [0.5, 0.6) is 5.75 Å². The van der Waals surface area contributed by atoms with Gasteiger partial charge in [-0.15, -0.1) is 13.2 Å². The average molecular weight is 686 g/mol. The molecule has 0 atom stereocenters. The summed E-state index contributed by atoms with van der Waals surface area (Å²) >= 11 is 0. The van der Waals surface area contributed by atoms with Gasteiger partial charge in [-0.2, -0.15) is 4.31 Å². The van der Waals surface area contributed by atoms with Crippen LogP contribution < -0.4 is 10.1 Å². The van der Waals surface area contributed by atoms with Gasteiger partial charge in [-0.3, -0.25) is 14.6 Å². The van der Waals surface area contributed by atoms with Gasteiger partial charge in [0.1, 0.15) is 28.5 Å². The Morgan fingerprint density at radius 2 is 1.74 bits per heavy atom. The lowest BCUT2D eigenvalue weighted by molar-refractivity contribution is -0.274. The number of sulfone groups is 1. The Morgan fingerprint density at radius 1 is 1.07 bits per heavy atom. The maximum absolute atomic E-state index is 13.1. The predicted molar refractivity (Wildman–Crippen MR) is 164 cm³/mol. The molecule has 0 radical (unpaired) electrons. The summed E-state index contributed by atoms with van der Waals surface area (Å²) < 4.78 is 99.4. The molecule has 0 unspecified atom stereocenters. The predicted octanol–water partition coefficient (Wildman–Crippen LogP) is 3.86. The number of nitrogens with zero attached hydrogens (tertiary/aromatic N) is 2. The number of aryl methyl sites for hydroxylation is 1. The molecule has 0 aliphatic carbocycles. The Balaban J connectivity index is 1.39. The van der Waals surface area contributed by atoms with E-state index in [9.17, 15) is 39.6 Å². The third-order valence-electron chi connectivity index (χ3n) is 7.13. The Morgan fingerprint density at radius 3 is 2.35 bits per heavy atom. The molecule has 0 aromatic heterocycles. The van der Waals surface area contributed by atoms with Gasteiger partial charge < -0.3 is 14.8 Å². The van der Waals surface area contributed by atoms with E-state index >= 15 is 0 Å². The lowest BCUT2D eigenvalue weighted by Gasteiger charge is -2.34. The first kappa shape index (κ1) is 35.1. The molecule has 2 aliphatic rings. The summed E-state index contributed by atoms with van der Waals surface area (Å²) in [6, 6.07) is 9.76. The van der Waals surface area contributed by atoms with Crippen LogP contribution in [0, 0.1) is 6.92 Å². The fourth-order valence-electron chi connectivity index (χ4n) is 5.06. The Hall–Kier alpha value is -3.76. The van der Waals surface area contributed by atoms with Crippen molar-refractivity contribution < 1.29 is 49.1 Å². The van der Waals surface area contributed by atoms with Gasteiger partial charge in [0.05, 0.1) is 5.75 Å². The number of esters is 1. The lowest BCUT2D eigenvalue weighted by Crippen LogP contribution is -2.50. The van der Waals surface area contributed by atoms with Crippen molar-refractivity contribution in [3.63, 3.8) is 0 Å². The van der Waals surface area contributed by atoms with E-state index in [1.54, 1.807) is 39.8 Å². The van der Waals surface area contributed by atoms with Crippen LogP contribution in [0.1, 0.15) is 55.9 Å². The van der Waals surface area contributed by atoms with Gasteiger partial charge in [-0.05, 0) is 75.4 Å². The van der Waals surface area contributed by atoms with Crippen molar-refractivity contribution in [2.75, 3.05) is 18.8 Å². The van der Waals surface area contributed by atoms with E-state index in [0.29, 0.717) is 16.7 Å². The number of amides is 1. The second-order valence-electron chi connectivity index (χ2n) is 12.1. The highest BCUT2D eigenvalue weighted by molar-refractivity contribution is 7.92. The van der Waals surface area contributed by atoms with Crippen molar-refractivity contribution in [1.82, 2.24) is 9.62 Å². The molecule has 2 aromatic rings. The normalized spacial score (nSPS) is 17.6. The van der Waals surface area contributed by atoms with Crippen molar-refractivity contribution in [1.29, 1.82) is 0 Å². The topological polar surface area (TPSA) is 149 Å². The number of hydrogen-bond acceptors (Lipinski definition) is 9. The second kappa shape index (κ2) is 12.8. The summed E-state index contributed by atoms with van der Waals surface area (Å²) in [4.78, 5) is 29.3. The highest BCUT2D eigenvalue weighted by Gasteiger charge is 2.47. The van der Waals surface area contributed by atoms with Crippen molar-refractivity contribution >= 4 is 43.6 Å². The molecule has 0 saturated carbocycles. The van der Waals surface area contributed by atoms with E-state index in [1.807, 2.05) is 0 Å². The first-order valence-corrected chi connectivity index (χ1v) is 17.5. The van der Waals surface area contributed by atoms with E-state index in [-0.39, 0.29) is 37.3 Å². The Bertz CT molecular complexity index is 1790. The van der Waals surface area contributed by atoms with Crippen LogP contribution in [0.15, 0.2) is 52.9 Å². The standard InChI is InChI=1S/C30H34F3N3O8S2/c1-20-16-21(18-45(39,40)19-25(37)44-28(2,3)4)8-9-22(20)10-15-46(41,42)36-13-11-29(12-14-36)27(38)34-26(35-29)23-6-5-7-24(17-23)43-30(31,32)33/h5-10,15-17H,11-14,18-19H2,1-4H3,(H,34,35,38)/b15-10+. The van der Waals surface area contributed by atoms with E-state index < -0.39 is 66.5 Å². The SMILES string of the molecule is Cc1cc(CS(=O)(=O)CC(=O)OC(C)(C)C)ccc1/C=C/S(=O)(=O)N1CCC2(CC1)N=C(c1cccc(OC(F)(F)F)c1)NC2=O. The molecule has 11 nitrogen and oxygen atoms in total. The summed E-state index contributed by atoms with van der Waals surface area (Å²) in [6.07, 6.45) is -3.38. The molecule has 4 rings (SSSR count). The second-order valence-corrected chi connectivity index (χ2v) is 16.0. The molecule has 46 heavy (non-hydrogen) atoms. The van der Waals surface area contributed by atoms with Gasteiger partial charge in [-0.1, -0.05) is 30.3 Å². The minimum atomic E-state index is -4.89. The van der Waals surface area contributed by atoms with Gasteiger partial charge in [0, 0.05) is 24.1 Å². The third kappa shape index (κ3) is 9.16. The number of ether oxygens (including phenoxy) is 2. The summed E-state index contributed by atoms with van der Waals surface area (Å²) in [5.41, 5.74) is -0.287. The van der Waals surface area contributed by atoms with Crippen LogP contribution in [0.4, 0.5) is 13.2 Å². The monoisotopic (exact) mass is 685 g/mol. The number of rotatable bonds is 9. The fourth-order valence-corrected chi connectivity index (χ4v) is 7.45. The highest BCUT2D eigenvalue weighted by Crippen LogP contribution is 2.33. The summed E-state index contributed by atoms with van der Waals surface area (Å²) in [7, 11) is -7.72. The number of carbonyl (C=O) groups is 2. The van der Waals surface area contributed by atoms with Crippen LogP contribution in [-0.2, 0) is 39.9 Å². The molecule has 1 spiro atoms. The van der Waals surface area contributed by atoms with Crippen LogP contribution in [-0.4, -0.2) is 75.2 Å². The van der Waals surface area contributed by atoms with Crippen LogP contribution in [0.2, 0.25) is 0 Å². The minimum absolute atomic E-state index is 0.0263. The van der Waals surface area contributed by atoms with Gasteiger partial charge >= 0.3 is 12.3 Å². The third-order valence-corrected chi connectivity index (χ3v) is 10.1. The molecular formula is C30H34F3N3O8S2. The molecule has 16 heteroatoms. The number of piperidine rings is 1. The van der Waals surface area contributed by atoms with Gasteiger partial charge in [0.25, 0.3) is 5.91 Å². The number of amidine groups is 1. The smallest absolute Gasteiger partial charge is 0.459 e.